The highest BCUT2D eigenvalue weighted by molar-refractivity contribution is 9.10. The van der Waals surface area contributed by atoms with Gasteiger partial charge in [-0.2, -0.15) is 0 Å². The topological polar surface area (TPSA) is 35.5 Å². The largest absolute Gasteiger partial charge is 0.396 e. The molecule has 1 aliphatic heterocycles. The summed E-state index contributed by atoms with van der Waals surface area (Å²) in [5, 5.41) is 12.5. The summed E-state index contributed by atoms with van der Waals surface area (Å²) in [7, 11) is 0. The molecule has 1 heterocycles. The summed E-state index contributed by atoms with van der Waals surface area (Å²) in [6.07, 6.45) is 2.11. The molecule has 1 atom stereocenters. The molecule has 1 fully saturated rings. The van der Waals surface area contributed by atoms with Crippen LogP contribution in [0.5, 0.6) is 0 Å². The van der Waals surface area contributed by atoms with Gasteiger partial charge in [0.25, 0.3) is 0 Å². The van der Waals surface area contributed by atoms with Gasteiger partial charge >= 0.3 is 0 Å². The molecule has 1 saturated heterocycles. The number of halogens is 1. The Hall–Kier alpha value is -0.580. The average molecular weight is 327 g/mol. The zero-order valence-corrected chi connectivity index (χ0v) is 13.1. The van der Waals surface area contributed by atoms with E-state index in [0.717, 1.165) is 37.1 Å². The lowest BCUT2D eigenvalue weighted by Gasteiger charge is -2.23. The van der Waals surface area contributed by atoms with Crippen LogP contribution in [0, 0.1) is 5.92 Å². The minimum atomic E-state index is 0.307. The Labute approximate surface area is 124 Å². The van der Waals surface area contributed by atoms with E-state index < -0.39 is 0 Å². The van der Waals surface area contributed by atoms with Crippen molar-refractivity contribution in [1.82, 2.24) is 5.32 Å². The standard InChI is InChI=1S/C15H23BrN2O/c1-2-17-10-13-3-4-14(16)9-15(13)18-7-5-12(11-18)6-8-19/h3-4,9,12,17,19H,2,5-8,10-11H2,1H3. The lowest BCUT2D eigenvalue weighted by Crippen LogP contribution is -2.23. The van der Waals surface area contributed by atoms with Gasteiger partial charge in [-0.25, -0.2) is 0 Å². The summed E-state index contributed by atoms with van der Waals surface area (Å²) in [4.78, 5) is 2.46. The van der Waals surface area contributed by atoms with Crippen molar-refractivity contribution in [3.8, 4) is 0 Å². The van der Waals surface area contributed by atoms with Crippen LogP contribution in [0.2, 0.25) is 0 Å². The number of benzene rings is 1. The average Bonchev–Trinajstić information content (AvgIpc) is 2.86. The molecule has 1 unspecified atom stereocenters. The maximum atomic E-state index is 9.06. The van der Waals surface area contributed by atoms with Gasteiger partial charge in [0.2, 0.25) is 0 Å². The second-order valence-corrected chi connectivity index (χ2v) is 6.08. The van der Waals surface area contributed by atoms with E-state index in [2.05, 4.69) is 51.3 Å². The lowest BCUT2D eigenvalue weighted by molar-refractivity contribution is 0.263. The smallest absolute Gasteiger partial charge is 0.0434 e. The van der Waals surface area contributed by atoms with E-state index in [1.807, 2.05) is 0 Å². The highest BCUT2D eigenvalue weighted by Gasteiger charge is 2.23. The Bertz CT molecular complexity index is 411. The molecule has 1 aliphatic rings. The van der Waals surface area contributed by atoms with Gasteiger partial charge in [-0.05, 0) is 43.0 Å². The molecule has 0 aromatic heterocycles. The van der Waals surface area contributed by atoms with E-state index in [1.54, 1.807) is 0 Å². The summed E-state index contributed by atoms with van der Waals surface area (Å²) in [6.45, 7) is 6.51. The van der Waals surface area contributed by atoms with Crippen LogP contribution in [0.3, 0.4) is 0 Å². The summed E-state index contributed by atoms with van der Waals surface area (Å²) >= 11 is 3.57. The van der Waals surface area contributed by atoms with Crippen molar-refractivity contribution in [2.45, 2.75) is 26.3 Å². The maximum Gasteiger partial charge on any atom is 0.0434 e. The number of nitrogens with one attached hydrogen (secondary N) is 1. The van der Waals surface area contributed by atoms with Gasteiger partial charge < -0.3 is 15.3 Å². The zero-order chi connectivity index (χ0) is 13.7. The van der Waals surface area contributed by atoms with E-state index >= 15 is 0 Å². The molecule has 0 bridgehead atoms. The molecule has 106 valence electrons. The van der Waals surface area contributed by atoms with Crippen LogP contribution < -0.4 is 10.2 Å². The first-order chi connectivity index (χ1) is 9.24. The fourth-order valence-corrected chi connectivity index (χ4v) is 3.06. The van der Waals surface area contributed by atoms with Crippen molar-refractivity contribution in [3.63, 3.8) is 0 Å². The molecule has 0 amide bonds. The number of hydrogen-bond acceptors (Lipinski definition) is 3. The quantitative estimate of drug-likeness (QED) is 0.843. The molecule has 0 aliphatic carbocycles. The Morgan fingerprint density at radius 2 is 2.32 bits per heavy atom. The van der Waals surface area contributed by atoms with Crippen molar-refractivity contribution in [2.75, 3.05) is 31.1 Å². The monoisotopic (exact) mass is 326 g/mol. The zero-order valence-electron chi connectivity index (χ0n) is 11.5. The molecule has 19 heavy (non-hydrogen) atoms. The van der Waals surface area contributed by atoms with E-state index in [-0.39, 0.29) is 0 Å². The van der Waals surface area contributed by atoms with Crippen LogP contribution in [0.25, 0.3) is 0 Å². The van der Waals surface area contributed by atoms with Crippen LogP contribution in [0.15, 0.2) is 22.7 Å². The molecule has 2 rings (SSSR count). The fraction of sp³-hybridized carbons (Fsp3) is 0.600. The highest BCUT2D eigenvalue weighted by atomic mass is 79.9. The van der Waals surface area contributed by atoms with Crippen molar-refractivity contribution in [2.24, 2.45) is 5.92 Å². The molecule has 3 nitrogen and oxygen atoms in total. The Balaban J connectivity index is 2.11. The summed E-state index contributed by atoms with van der Waals surface area (Å²) < 4.78 is 1.13. The molecular weight excluding hydrogens is 304 g/mol. The number of aliphatic hydroxyl groups is 1. The second-order valence-electron chi connectivity index (χ2n) is 5.17. The van der Waals surface area contributed by atoms with E-state index in [1.165, 1.54) is 17.7 Å². The normalized spacial score (nSPS) is 19.1. The second kappa shape index (κ2) is 7.27. The van der Waals surface area contributed by atoms with E-state index in [9.17, 15) is 0 Å². The SMILES string of the molecule is CCNCc1ccc(Br)cc1N1CCC(CCO)C1. The minimum Gasteiger partial charge on any atom is -0.396 e. The molecule has 0 radical (unpaired) electrons. The van der Waals surface area contributed by atoms with Crippen molar-refractivity contribution in [3.05, 3.63) is 28.2 Å². The van der Waals surface area contributed by atoms with Crippen LogP contribution in [0.1, 0.15) is 25.3 Å². The number of rotatable bonds is 6. The van der Waals surface area contributed by atoms with Gasteiger partial charge in [0.1, 0.15) is 0 Å². The summed E-state index contributed by atoms with van der Waals surface area (Å²) in [5.41, 5.74) is 2.69. The van der Waals surface area contributed by atoms with Gasteiger partial charge in [-0.15, -0.1) is 0 Å². The third kappa shape index (κ3) is 3.94. The fourth-order valence-electron chi connectivity index (χ4n) is 2.71. The van der Waals surface area contributed by atoms with Crippen LogP contribution in [-0.2, 0) is 6.54 Å². The van der Waals surface area contributed by atoms with E-state index in [4.69, 9.17) is 5.11 Å². The number of hydrogen-bond donors (Lipinski definition) is 2. The van der Waals surface area contributed by atoms with Crippen molar-refractivity contribution >= 4 is 21.6 Å². The lowest BCUT2D eigenvalue weighted by atomic mass is 10.1. The Morgan fingerprint density at radius 3 is 3.05 bits per heavy atom. The van der Waals surface area contributed by atoms with E-state index in [0.29, 0.717) is 12.5 Å². The molecule has 2 N–H and O–H groups in total. The summed E-state index contributed by atoms with van der Waals surface area (Å²) in [5.74, 6) is 0.635. The minimum absolute atomic E-state index is 0.307. The number of aliphatic hydroxyl groups excluding tert-OH is 1. The molecule has 1 aromatic carbocycles. The molecular formula is C15H23BrN2O. The van der Waals surface area contributed by atoms with Gasteiger partial charge in [0, 0.05) is 36.4 Å². The number of anilines is 1. The Morgan fingerprint density at radius 1 is 1.47 bits per heavy atom. The van der Waals surface area contributed by atoms with Gasteiger partial charge in [0.05, 0.1) is 0 Å². The highest BCUT2D eigenvalue weighted by Crippen LogP contribution is 2.30. The van der Waals surface area contributed by atoms with Crippen molar-refractivity contribution in [1.29, 1.82) is 0 Å². The predicted octanol–water partition coefficient (Wildman–Crippen LogP) is 2.77. The molecule has 0 spiro atoms. The maximum absolute atomic E-state index is 9.06. The first kappa shape index (κ1) is 14.8. The van der Waals surface area contributed by atoms with Crippen LogP contribution in [-0.4, -0.2) is 31.3 Å². The van der Waals surface area contributed by atoms with Crippen molar-refractivity contribution < 1.29 is 5.11 Å². The van der Waals surface area contributed by atoms with Gasteiger partial charge in [-0.1, -0.05) is 28.9 Å². The first-order valence-corrected chi connectivity index (χ1v) is 7.88. The molecule has 1 aromatic rings. The summed E-state index contributed by atoms with van der Waals surface area (Å²) in [6, 6.07) is 6.52. The van der Waals surface area contributed by atoms with Gasteiger partial charge in [-0.3, -0.25) is 0 Å². The number of nitrogens with zero attached hydrogens (tertiary/aromatic N) is 1. The van der Waals surface area contributed by atoms with Crippen LogP contribution in [0.4, 0.5) is 5.69 Å². The predicted molar refractivity (Wildman–Crippen MR) is 83.5 cm³/mol. The third-order valence-corrected chi connectivity index (χ3v) is 4.27. The first-order valence-electron chi connectivity index (χ1n) is 7.09. The molecule has 4 heteroatoms. The Kier molecular flexibility index (Phi) is 5.67. The van der Waals surface area contributed by atoms with Crippen LogP contribution >= 0.6 is 15.9 Å². The van der Waals surface area contributed by atoms with Gasteiger partial charge in [0.15, 0.2) is 0 Å². The third-order valence-electron chi connectivity index (χ3n) is 3.78. The molecule has 0 saturated carbocycles.